The molecule has 6 heteroatoms. The van der Waals surface area contributed by atoms with Crippen molar-refractivity contribution in [3.63, 3.8) is 0 Å². The molecular formula is C15H28IN3OS. The van der Waals surface area contributed by atoms with Gasteiger partial charge in [-0.15, -0.1) is 24.0 Å². The zero-order valence-corrected chi connectivity index (χ0v) is 16.1. The Morgan fingerprint density at radius 2 is 2.14 bits per heavy atom. The molecule has 3 rings (SSSR count). The minimum absolute atomic E-state index is 0. The fourth-order valence-corrected chi connectivity index (χ4v) is 4.85. The highest BCUT2D eigenvalue weighted by Gasteiger charge is 2.43. The topological polar surface area (TPSA) is 47.9 Å². The Labute approximate surface area is 149 Å². The quantitative estimate of drug-likeness (QED) is 0.414. The lowest BCUT2D eigenvalue weighted by molar-refractivity contribution is 0.0775. The molecule has 1 atom stereocenters. The fourth-order valence-electron chi connectivity index (χ4n) is 3.57. The van der Waals surface area contributed by atoms with Crippen LogP contribution in [0.3, 0.4) is 0 Å². The molecule has 3 aliphatic rings. The summed E-state index contributed by atoms with van der Waals surface area (Å²) in [5.41, 5.74) is 0.0233. The molecule has 2 heterocycles. The summed E-state index contributed by atoms with van der Waals surface area (Å²) in [5, 5.41) is 13.8. The molecule has 1 spiro atoms. The van der Waals surface area contributed by atoms with Crippen LogP contribution >= 0.6 is 35.7 Å². The Balaban J connectivity index is 0.00000161. The van der Waals surface area contributed by atoms with Gasteiger partial charge in [0.25, 0.3) is 0 Å². The van der Waals surface area contributed by atoms with Crippen molar-refractivity contribution in [2.24, 2.45) is 10.4 Å². The fraction of sp³-hybridized carbons (Fsp3) is 0.933. The van der Waals surface area contributed by atoms with Gasteiger partial charge in [0.05, 0.1) is 12.1 Å². The normalized spacial score (nSPS) is 31.1. The van der Waals surface area contributed by atoms with Crippen LogP contribution in [-0.4, -0.2) is 59.3 Å². The summed E-state index contributed by atoms with van der Waals surface area (Å²) in [4.78, 5) is 7.15. The molecule has 0 amide bonds. The number of hydrogen-bond donors (Lipinski definition) is 2. The molecule has 2 N–H and O–H groups in total. The number of thioether (sulfide) groups is 1. The van der Waals surface area contributed by atoms with Gasteiger partial charge in [-0.3, -0.25) is 4.99 Å². The molecule has 3 fully saturated rings. The Hall–Kier alpha value is 0.310. The highest BCUT2D eigenvalue weighted by Crippen LogP contribution is 2.47. The Bertz CT molecular complexity index is 381. The Morgan fingerprint density at radius 1 is 1.33 bits per heavy atom. The zero-order chi connectivity index (χ0) is 14.1. The third-order valence-corrected chi connectivity index (χ3v) is 6.33. The Morgan fingerprint density at radius 3 is 2.67 bits per heavy atom. The maximum atomic E-state index is 10.4. The van der Waals surface area contributed by atoms with Crippen molar-refractivity contribution >= 4 is 41.7 Å². The average molecular weight is 425 g/mol. The second-order valence-corrected chi connectivity index (χ2v) is 7.83. The van der Waals surface area contributed by atoms with Crippen LogP contribution in [-0.2, 0) is 0 Å². The van der Waals surface area contributed by atoms with Crippen LogP contribution < -0.4 is 5.32 Å². The minimum Gasteiger partial charge on any atom is -0.387 e. The van der Waals surface area contributed by atoms with E-state index in [1.54, 1.807) is 0 Å². The van der Waals surface area contributed by atoms with E-state index in [-0.39, 0.29) is 24.0 Å². The SMILES string of the molecule is CCNC(=NCC1(O)CCSC1)N1CCC2(CCC2)C1.I. The largest absolute Gasteiger partial charge is 0.387 e. The highest BCUT2D eigenvalue weighted by atomic mass is 127. The first kappa shape index (κ1) is 17.7. The number of hydrogen-bond acceptors (Lipinski definition) is 3. The summed E-state index contributed by atoms with van der Waals surface area (Å²) in [5.74, 6) is 2.91. The van der Waals surface area contributed by atoms with Crippen molar-refractivity contribution in [1.29, 1.82) is 0 Å². The van der Waals surface area contributed by atoms with E-state index in [0.717, 1.165) is 43.5 Å². The van der Waals surface area contributed by atoms with Gasteiger partial charge < -0.3 is 15.3 Å². The van der Waals surface area contributed by atoms with Crippen LogP contribution in [0.15, 0.2) is 4.99 Å². The van der Waals surface area contributed by atoms with Crippen molar-refractivity contribution in [1.82, 2.24) is 10.2 Å². The van der Waals surface area contributed by atoms with Gasteiger partial charge >= 0.3 is 0 Å². The van der Waals surface area contributed by atoms with Gasteiger partial charge in [-0.2, -0.15) is 11.8 Å². The number of nitrogens with zero attached hydrogens (tertiary/aromatic N) is 2. The lowest BCUT2D eigenvalue weighted by Gasteiger charge is -2.38. The molecule has 4 nitrogen and oxygen atoms in total. The monoisotopic (exact) mass is 425 g/mol. The number of rotatable bonds is 3. The second kappa shape index (κ2) is 7.25. The zero-order valence-electron chi connectivity index (χ0n) is 12.9. The summed E-state index contributed by atoms with van der Waals surface area (Å²) in [7, 11) is 0. The molecule has 122 valence electrons. The molecule has 21 heavy (non-hydrogen) atoms. The van der Waals surface area contributed by atoms with Crippen molar-refractivity contribution in [3.8, 4) is 0 Å². The third kappa shape index (κ3) is 3.99. The van der Waals surface area contributed by atoms with E-state index >= 15 is 0 Å². The summed E-state index contributed by atoms with van der Waals surface area (Å²) in [6, 6.07) is 0. The van der Waals surface area contributed by atoms with Gasteiger partial charge in [0.2, 0.25) is 0 Å². The lowest BCUT2D eigenvalue weighted by Crippen LogP contribution is -2.44. The second-order valence-electron chi connectivity index (χ2n) is 6.72. The van der Waals surface area contributed by atoms with Gasteiger partial charge in [-0.25, -0.2) is 0 Å². The van der Waals surface area contributed by atoms with E-state index in [9.17, 15) is 5.11 Å². The molecule has 1 saturated carbocycles. The number of guanidine groups is 1. The van der Waals surface area contributed by atoms with Crippen LogP contribution in [0.25, 0.3) is 0 Å². The molecule has 0 aromatic heterocycles. The van der Waals surface area contributed by atoms with Crippen molar-refractivity contribution < 1.29 is 5.11 Å². The van der Waals surface area contributed by atoms with E-state index in [4.69, 9.17) is 4.99 Å². The predicted octanol–water partition coefficient (Wildman–Crippen LogP) is 2.31. The maximum Gasteiger partial charge on any atom is 0.194 e. The number of likely N-dealkylation sites (tertiary alicyclic amines) is 1. The molecule has 1 aliphatic carbocycles. The van der Waals surface area contributed by atoms with Gasteiger partial charge in [0.15, 0.2) is 5.96 Å². The molecule has 0 aromatic carbocycles. The van der Waals surface area contributed by atoms with Crippen LogP contribution in [0.1, 0.15) is 39.0 Å². The van der Waals surface area contributed by atoms with E-state index in [1.807, 2.05) is 11.8 Å². The van der Waals surface area contributed by atoms with E-state index in [1.165, 1.54) is 25.7 Å². The van der Waals surface area contributed by atoms with Gasteiger partial charge in [0, 0.05) is 25.4 Å². The summed E-state index contributed by atoms with van der Waals surface area (Å²) >= 11 is 1.84. The predicted molar refractivity (Wildman–Crippen MR) is 101 cm³/mol. The standard InChI is InChI=1S/C15H27N3OS.HI/c1-2-16-13(17-10-15(19)7-9-20-12-15)18-8-6-14(11-18)4-3-5-14;/h19H,2-12H2,1H3,(H,16,17);1H. The molecule has 0 bridgehead atoms. The molecule has 1 unspecified atom stereocenters. The third-order valence-electron chi connectivity index (χ3n) is 5.09. The number of aliphatic hydroxyl groups is 1. The lowest BCUT2D eigenvalue weighted by atomic mass is 9.68. The van der Waals surface area contributed by atoms with Gasteiger partial charge in [0.1, 0.15) is 0 Å². The summed E-state index contributed by atoms with van der Waals surface area (Å²) in [6.07, 6.45) is 6.38. The Kier molecular flexibility index (Phi) is 6.10. The van der Waals surface area contributed by atoms with E-state index < -0.39 is 5.60 Å². The van der Waals surface area contributed by atoms with Crippen molar-refractivity contribution in [2.75, 3.05) is 37.7 Å². The van der Waals surface area contributed by atoms with Crippen LogP contribution in [0.5, 0.6) is 0 Å². The number of nitrogens with one attached hydrogen (secondary N) is 1. The first-order valence-electron chi connectivity index (χ1n) is 7.98. The first-order chi connectivity index (χ1) is 9.65. The minimum atomic E-state index is -0.570. The maximum absolute atomic E-state index is 10.4. The van der Waals surface area contributed by atoms with Gasteiger partial charge in [-0.1, -0.05) is 6.42 Å². The summed E-state index contributed by atoms with van der Waals surface area (Å²) < 4.78 is 0. The molecule has 2 saturated heterocycles. The molecule has 0 radical (unpaired) electrons. The van der Waals surface area contributed by atoms with Crippen molar-refractivity contribution in [2.45, 2.75) is 44.6 Å². The smallest absolute Gasteiger partial charge is 0.194 e. The van der Waals surface area contributed by atoms with Crippen LogP contribution in [0.4, 0.5) is 0 Å². The van der Waals surface area contributed by atoms with Crippen molar-refractivity contribution in [3.05, 3.63) is 0 Å². The van der Waals surface area contributed by atoms with Crippen LogP contribution in [0.2, 0.25) is 0 Å². The molecule has 2 aliphatic heterocycles. The van der Waals surface area contributed by atoms with Gasteiger partial charge in [-0.05, 0) is 43.8 Å². The average Bonchev–Trinajstić information content (AvgIpc) is 3.01. The van der Waals surface area contributed by atoms with E-state index in [2.05, 4.69) is 17.1 Å². The van der Waals surface area contributed by atoms with E-state index in [0.29, 0.717) is 12.0 Å². The number of halogens is 1. The van der Waals surface area contributed by atoms with Crippen LogP contribution in [0, 0.1) is 5.41 Å². The first-order valence-corrected chi connectivity index (χ1v) is 9.14. The number of aliphatic imine (C=N–C) groups is 1. The summed E-state index contributed by atoms with van der Waals surface area (Å²) in [6.45, 7) is 5.84. The molecule has 0 aromatic rings. The highest BCUT2D eigenvalue weighted by molar-refractivity contribution is 14.0. The molecular weight excluding hydrogens is 397 g/mol.